The number of nitrogens with zero attached hydrogens (tertiary/aromatic N) is 1. The summed E-state index contributed by atoms with van der Waals surface area (Å²) in [6.07, 6.45) is 4.26. The fraction of sp³-hybridized carbons (Fsp3) is 0.333. The van der Waals surface area contributed by atoms with Gasteiger partial charge in [0.15, 0.2) is 0 Å². The average molecular weight is 139 g/mol. The zero-order chi connectivity index (χ0) is 7.56. The number of carbonyl (C=O) groups excluding carboxylic acids is 2. The standard InChI is InChI=1S/C6H5NO3/c1-2-3-7-4-5(8)10-6(7)9/h1H,3-4H2. The summed E-state index contributed by atoms with van der Waals surface area (Å²) in [4.78, 5) is 22.1. The van der Waals surface area contributed by atoms with E-state index in [9.17, 15) is 9.59 Å². The molecule has 0 spiro atoms. The molecule has 4 heteroatoms. The first-order valence-corrected chi connectivity index (χ1v) is 2.67. The van der Waals surface area contributed by atoms with E-state index in [0.717, 1.165) is 4.90 Å². The van der Waals surface area contributed by atoms with Crippen LogP contribution in [0, 0.1) is 12.3 Å². The maximum atomic E-state index is 10.6. The zero-order valence-corrected chi connectivity index (χ0v) is 5.16. The molecule has 1 saturated heterocycles. The fourth-order valence-electron chi connectivity index (χ4n) is 0.645. The normalized spacial score (nSPS) is 16.9. The van der Waals surface area contributed by atoms with Gasteiger partial charge in [0.25, 0.3) is 0 Å². The van der Waals surface area contributed by atoms with E-state index in [4.69, 9.17) is 6.42 Å². The summed E-state index contributed by atoms with van der Waals surface area (Å²) < 4.78 is 4.18. The summed E-state index contributed by atoms with van der Waals surface area (Å²) in [5.41, 5.74) is 0. The van der Waals surface area contributed by atoms with Gasteiger partial charge in [-0.1, -0.05) is 5.92 Å². The molecule has 52 valence electrons. The quantitative estimate of drug-likeness (QED) is 0.282. The van der Waals surface area contributed by atoms with Crippen LogP contribution in [0.1, 0.15) is 0 Å². The van der Waals surface area contributed by atoms with E-state index in [1.165, 1.54) is 0 Å². The third-order valence-corrected chi connectivity index (χ3v) is 1.06. The third kappa shape index (κ3) is 1.08. The largest absolute Gasteiger partial charge is 0.418 e. The Bertz CT molecular complexity index is 216. The van der Waals surface area contributed by atoms with Crippen LogP contribution in [-0.2, 0) is 9.53 Å². The monoisotopic (exact) mass is 139 g/mol. The molecule has 0 radical (unpaired) electrons. The summed E-state index contributed by atoms with van der Waals surface area (Å²) >= 11 is 0. The summed E-state index contributed by atoms with van der Waals surface area (Å²) in [6.45, 7) is 0.105. The Morgan fingerprint density at radius 2 is 2.40 bits per heavy atom. The molecule has 1 aliphatic heterocycles. The Kier molecular flexibility index (Phi) is 1.59. The highest BCUT2D eigenvalue weighted by Gasteiger charge is 2.28. The van der Waals surface area contributed by atoms with E-state index < -0.39 is 12.1 Å². The van der Waals surface area contributed by atoms with Crippen molar-refractivity contribution in [2.24, 2.45) is 0 Å². The van der Waals surface area contributed by atoms with E-state index in [-0.39, 0.29) is 13.1 Å². The SMILES string of the molecule is C#CCN1CC(=O)OC1=O. The van der Waals surface area contributed by atoms with Crippen molar-refractivity contribution in [3.63, 3.8) is 0 Å². The second-order valence-corrected chi connectivity index (χ2v) is 1.80. The Morgan fingerprint density at radius 1 is 1.70 bits per heavy atom. The Labute approximate surface area is 57.8 Å². The number of carbonyl (C=O) groups is 2. The van der Waals surface area contributed by atoms with E-state index >= 15 is 0 Å². The minimum atomic E-state index is -0.650. The number of ether oxygens (including phenoxy) is 1. The molecule has 0 aromatic rings. The highest BCUT2D eigenvalue weighted by atomic mass is 16.6. The lowest BCUT2D eigenvalue weighted by Crippen LogP contribution is -2.24. The van der Waals surface area contributed by atoms with Crippen LogP contribution in [0.2, 0.25) is 0 Å². The maximum Gasteiger partial charge on any atom is 0.418 e. The predicted molar refractivity (Wildman–Crippen MR) is 31.9 cm³/mol. The fourth-order valence-corrected chi connectivity index (χ4v) is 0.645. The van der Waals surface area contributed by atoms with Crippen LogP contribution in [0.15, 0.2) is 0 Å². The van der Waals surface area contributed by atoms with Gasteiger partial charge in [0.05, 0.1) is 6.54 Å². The van der Waals surface area contributed by atoms with Crippen molar-refractivity contribution in [2.75, 3.05) is 13.1 Å². The van der Waals surface area contributed by atoms with Crippen molar-refractivity contribution >= 4 is 12.1 Å². The topological polar surface area (TPSA) is 46.6 Å². The van der Waals surface area contributed by atoms with Crippen molar-refractivity contribution < 1.29 is 14.3 Å². The van der Waals surface area contributed by atoms with Gasteiger partial charge in [0, 0.05) is 0 Å². The van der Waals surface area contributed by atoms with Gasteiger partial charge in [-0.05, 0) is 0 Å². The van der Waals surface area contributed by atoms with E-state index in [2.05, 4.69) is 10.7 Å². The van der Waals surface area contributed by atoms with Crippen LogP contribution >= 0.6 is 0 Å². The molecule has 10 heavy (non-hydrogen) atoms. The van der Waals surface area contributed by atoms with Crippen molar-refractivity contribution in [1.82, 2.24) is 4.90 Å². The molecule has 0 bridgehead atoms. The molecule has 1 amide bonds. The second kappa shape index (κ2) is 2.40. The van der Waals surface area contributed by atoms with Crippen LogP contribution in [0.5, 0.6) is 0 Å². The van der Waals surface area contributed by atoms with Gasteiger partial charge in [0.1, 0.15) is 6.54 Å². The van der Waals surface area contributed by atoms with E-state index in [1.807, 2.05) is 0 Å². The van der Waals surface area contributed by atoms with Gasteiger partial charge in [-0.2, -0.15) is 0 Å². The van der Waals surface area contributed by atoms with Gasteiger partial charge in [-0.15, -0.1) is 6.42 Å². The van der Waals surface area contributed by atoms with Crippen molar-refractivity contribution in [1.29, 1.82) is 0 Å². The number of hydrogen-bond acceptors (Lipinski definition) is 3. The van der Waals surface area contributed by atoms with Gasteiger partial charge in [-0.25, -0.2) is 9.59 Å². The van der Waals surface area contributed by atoms with Gasteiger partial charge >= 0.3 is 12.1 Å². The Morgan fingerprint density at radius 3 is 2.80 bits per heavy atom. The highest BCUT2D eigenvalue weighted by Crippen LogP contribution is 2.02. The number of rotatable bonds is 1. The first-order valence-electron chi connectivity index (χ1n) is 2.67. The molecule has 0 aromatic carbocycles. The van der Waals surface area contributed by atoms with Crippen LogP contribution in [-0.4, -0.2) is 30.1 Å². The number of hydrogen-bond donors (Lipinski definition) is 0. The summed E-state index contributed by atoms with van der Waals surface area (Å²) in [7, 11) is 0. The van der Waals surface area contributed by atoms with Gasteiger partial charge in [0.2, 0.25) is 0 Å². The summed E-state index contributed by atoms with van der Waals surface area (Å²) in [5.74, 6) is 1.69. The predicted octanol–water partition coefficient (Wildman–Crippen LogP) is -0.402. The molecule has 0 aliphatic carbocycles. The molecule has 0 atom stereocenters. The molecule has 0 unspecified atom stereocenters. The van der Waals surface area contributed by atoms with Crippen LogP contribution < -0.4 is 0 Å². The third-order valence-electron chi connectivity index (χ3n) is 1.06. The van der Waals surface area contributed by atoms with E-state index in [1.54, 1.807) is 0 Å². The smallest absolute Gasteiger partial charge is 0.375 e. The molecule has 0 N–H and O–H groups in total. The van der Waals surface area contributed by atoms with Gasteiger partial charge < -0.3 is 4.74 Å². The molecule has 0 saturated carbocycles. The number of esters is 1. The zero-order valence-electron chi connectivity index (χ0n) is 5.16. The highest BCUT2D eigenvalue weighted by molar-refractivity contribution is 5.92. The van der Waals surface area contributed by atoms with Crippen LogP contribution in [0.4, 0.5) is 4.79 Å². The van der Waals surface area contributed by atoms with Crippen LogP contribution in [0.3, 0.4) is 0 Å². The minimum Gasteiger partial charge on any atom is -0.375 e. The van der Waals surface area contributed by atoms with Gasteiger partial charge in [-0.3, -0.25) is 4.90 Å². The lowest BCUT2D eigenvalue weighted by Gasteiger charge is -2.03. The second-order valence-electron chi connectivity index (χ2n) is 1.80. The molecule has 1 fully saturated rings. The minimum absolute atomic E-state index is 0.0248. The van der Waals surface area contributed by atoms with E-state index in [0.29, 0.717) is 0 Å². The summed E-state index contributed by atoms with van der Waals surface area (Å²) in [6, 6.07) is 0. The van der Waals surface area contributed by atoms with Crippen LogP contribution in [0.25, 0.3) is 0 Å². The maximum absolute atomic E-state index is 10.6. The molecule has 1 heterocycles. The molecule has 1 aliphatic rings. The van der Waals surface area contributed by atoms with Crippen molar-refractivity contribution in [3.05, 3.63) is 0 Å². The number of cyclic esters (lactones) is 2. The lowest BCUT2D eigenvalue weighted by atomic mass is 10.5. The number of amides is 1. The first-order chi connectivity index (χ1) is 4.74. The number of terminal acetylenes is 1. The molecule has 0 aromatic heterocycles. The first kappa shape index (κ1) is 6.62. The molecule has 4 nitrogen and oxygen atoms in total. The van der Waals surface area contributed by atoms with Crippen molar-refractivity contribution in [2.45, 2.75) is 0 Å². The molecule has 1 rings (SSSR count). The molecular formula is C6H5NO3. The van der Waals surface area contributed by atoms with Crippen molar-refractivity contribution in [3.8, 4) is 12.3 Å². The Hall–Kier alpha value is -1.50. The summed E-state index contributed by atoms with van der Waals surface area (Å²) in [5, 5.41) is 0. The average Bonchev–Trinajstić information content (AvgIpc) is 2.13. The lowest BCUT2D eigenvalue weighted by molar-refractivity contribution is -0.132. The molecular weight excluding hydrogens is 134 g/mol. The Balaban J connectivity index is 2.56.